The van der Waals surface area contributed by atoms with Crippen LogP contribution in [-0.4, -0.2) is 50.6 Å². The highest BCUT2D eigenvalue weighted by molar-refractivity contribution is 5.94. The summed E-state index contributed by atoms with van der Waals surface area (Å²) >= 11 is 0. The van der Waals surface area contributed by atoms with Crippen molar-refractivity contribution in [1.29, 1.82) is 0 Å². The first-order valence-corrected chi connectivity index (χ1v) is 9.18. The Labute approximate surface area is 154 Å². The summed E-state index contributed by atoms with van der Waals surface area (Å²) in [4.78, 5) is 16.7. The van der Waals surface area contributed by atoms with Gasteiger partial charge < -0.3 is 15.1 Å². The monoisotopic (exact) mass is 355 g/mol. The number of nitrogens with zero attached hydrogens (tertiary/aromatic N) is 2. The van der Waals surface area contributed by atoms with Crippen molar-refractivity contribution in [2.75, 3.05) is 44.7 Å². The van der Waals surface area contributed by atoms with Crippen LogP contribution in [0.5, 0.6) is 0 Å². The van der Waals surface area contributed by atoms with Crippen molar-refractivity contribution in [3.05, 3.63) is 65.5 Å². The second kappa shape index (κ2) is 8.81. The molecule has 1 N–H and O–H groups in total. The number of amides is 1. The van der Waals surface area contributed by atoms with Crippen LogP contribution >= 0.6 is 0 Å². The molecular formula is C21H26FN3O. The van der Waals surface area contributed by atoms with Crippen LogP contribution in [0, 0.1) is 5.82 Å². The highest BCUT2D eigenvalue weighted by Gasteiger charge is 2.14. The largest absolute Gasteiger partial charge is 0.369 e. The highest BCUT2D eigenvalue weighted by atomic mass is 19.1. The molecule has 5 heteroatoms. The van der Waals surface area contributed by atoms with Crippen LogP contribution in [0.2, 0.25) is 0 Å². The average molecular weight is 355 g/mol. The molecule has 1 heterocycles. The van der Waals surface area contributed by atoms with Gasteiger partial charge in [-0.2, -0.15) is 0 Å². The Morgan fingerprint density at radius 1 is 1.04 bits per heavy atom. The van der Waals surface area contributed by atoms with E-state index in [0.717, 1.165) is 39.0 Å². The molecule has 0 aromatic heterocycles. The molecule has 4 nitrogen and oxygen atoms in total. The molecule has 0 radical (unpaired) electrons. The number of benzene rings is 2. The van der Waals surface area contributed by atoms with E-state index in [9.17, 15) is 9.18 Å². The lowest BCUT2D eigenvalue weighted by Gasteiger charge is -2.34. The third-order valence-electron chi connectivity index (χ3n) is 4.85. The summed E-state index contributed by atoms with van der Waals surface area (Å²) in [5.41, 5.74) is 2.63. The van der Waals surface area contributed by atoms with Crippen LogP contribution in [0.4, 0.5) is 10.1 Å². The molecule has 0 atom stereocenters. The van der Waals surface area contributed by atoms with Gasteiger partial charge in [0.15, 0.2) is 0 Å². The summed E-state index contributed by atoms with van der Waals surface area (Å²) in [5, 5.41) is 2.79. The van der Waals surface area contributed by atoms with Crippen molar-refractivity contribution in [2.24, 2.45) is 0 Å². The minimum atomic E-state index is -0.482. The van der Waals surface area contributed by atoms with Gasteiger partial charge in [0.1, 0.15) is 5.82 Å². The third kappa shape index (κ3) is 4.82. The lowest BCUT2D eigenvalue weighted by molar-refractivity contribution is 0.0949. The summed E-state index contributed by atoms with van der Waals surface area (Å²) in [5.74, 6) is -0.835. The molecule has 2 aromatic rings. The van der Waals surface area contributed by atoms with Crippen molar-refractivity contribution in [2.45, 2.75) is 12.8 Å². The van der Waals surface area contributed by atoms with E-state index >= 15 is 0 Å². The van der Waals surface area contributed by atoms with Crippen LogP contribution in [0.1, 0.15) is 22.3 Å². The Kier molecular flexibility index (Phi) is 6.23. The summed E-state index contributed by atoms with van der Waals surface area (Å²) in [6.45, 7) is 4.87. The molecule has 0 bridgehead atoms. The normalized spacial score (nSPS) is 15.1. The number of anilines is 1. The molecule has 1 saturated heterocycles. The number of aryl methyl sites for hydroxylation is 1. The van der Waals surface area contributed by atoms with Gasteiger partial charge in [-0.25, -0.2) is 4.39 Å². The molecule has 1 amide bonds. The number of piperazine rings is 1. The molecule has 1 aliphatic rings. The second-order valence-corrected chi connectivity index (χ2v) is 6.80. The Balaban J connectivity index is 1.42. The van der Waals surface area contributed by atoms with Gasteiger partial charge in [-0.05, 0) is 49.7 Å². The van der Waals surface area contributed by atoms with Crippen LogP contribution in [0.3, 0.4) is 0 Å². The summed E-state index contributed by atoms with van der Waals surface area (Å²) in [6.07, 6.45) is 1.72. The van der Waals surface area contributed by atoms with Crippen molar-refractivity contribution in [3.63, 3.8) is 0 Å². The molecule has 2 aromatic carbocycles. The number of carbonyl (C=O) groups is 1. The second-order valence-electron chi connectivity index (χ2n) is 6.80. The maximum Gasteiger partial charge on any atom is 0.254 e. The van der Waals surface area contributed by atoms with E-state index in [-0.39, 0.29) is 11.5 Å². The Morgan fingerprint density at radius 3 is 2.42 bits per heavy atom. The SMILES string of the molecule is CN1CCN(c2ccc(CCCNC(=O)c3ccccc3F)cc2)CC1. The van der Waals surface area contributed by atoms with E-state index in [0.29, 0.717) is 6.54 Å². The van der Waals surface area contributed by atoms with E-state index in [4.69, 9.17) is 0 Å². The van der Waals surface area contributed by atoms with Gasteiger partial charge in [0.25, 0.3) is 5.91 Å². The molecule has 1 fully saturated rings. The maximum atomic E-state index is 13.6. The highest BCUT2D eigenvalue weighted by Crippen LogP contribution is 2.17. The van der Waals surface area contributed by atoms with Gasteiger partial charge in [0, 0.05) is 38.4 Å². The number of hydrogen-bond donors (Lipinski definition) is 1. The quantitative estimate of drug-likeness (QED) is 0.810. The zero-order valence-corrected chi connectivity index (χ0v) is 15.2. The lowest BCUT2D eigenvalue weighted by atomic mass is 10.1. The topological polar surface area (TPSA) is 35.6 Å². The third-order valence-corrected chi connectivity index (χ3v) is 4.85. The molecule has 1 aliphatic heterocycles. The maximum absolute atomic E-state index is 13.6. The molecule has 3 rings (SSSR count). The zero-order valence-electron chi connectivity index (χ0n) is 15.2. The van der Waals surface area contributed by atoms with Crippen LogP contribution in [-0.2, 0) is 6.42 Å². The van der Waals surface area contributed by atoms with E-state index in [1.54, 1.807) is 12.1 Å². The first kappa shape index (κ1) is 18.4. The Hall–Kier alpha value is -2.40. The van der Waals surface area contributed by atoms with Crippen molar-refractivity contribution >= 4 is 11.6 Å². The van der Waals surface area contributed by atoms with E-state index in [2.05, 4.69) is 46.4 Å². The standard InChI is InChI=1S/C21H26FN3O/c1-24-13-15-25(16-14-24)18-10-8-17(9-11-18)5-4-12-23-21(26)19-6-2-3-7-20(19)22/h2-3,6-11H,4-5,12-16H2,1H3,(H,23,26). The number of hydrogen-bond acceptors (Lipinski definition) is 3. The van der Waals surface area contributed by atoms with Gasteiger partial charge >= 0.3 is 0 Å². The number of rotatable bonds is 6. The van der Waals surface area contributed by atoms with E-state index < -0.39 is 5.82 Å². The predicted octanol–water partition coefficient (Wildman–Crippen LogP) is 2.94. The molecular weight excluding hydrogens is 329 g/mol. The van der Waals surface area contributed by atoms with Crippen LogP contribution in [0.15, 0.2) is 48.5 Å². The fourth-order valence-corrected chi connectivity index (χ4v) is 3.17. The van der Waals surface area contributed by atoms with Crippen molar-refractivity contribution in [1.82, 2.24) is 10.2 Å². The molecule has 0 aliphatic carbocycles. The summed E-state index contributed by atoms with van der Waals surface area (Å²) < 4.78 is 13.6. The molecule has 138 valence electrons. The molecule has 0 spiro atoms. The summed E-state index contributed by atoms with van der Waals surface area (Å²) in [6, 6.07) is 14.7. The average Bonchev–Trinajstić information content (AvgIpc) is 2.66. The van der Waals surface area contributed by atoms with Crippen molar-refractivity contribution < 1.29 is 9.18 Å². The zero-order chi connectivity index (χ0) is 18.4. The minimum absolute atomic E-state index is 0.101. The van der Waals surface area contributed by atoms with Gasteiger partial charge in [0.05, 0.1) is 5.56 Å². The van der Waals surface area contributed by atoms with Crippen molar-refractivity contribution in [3.8, 4) is 0 Å². The first-order valence-electron chi connectivity index (χ1n) is 9.18. The molecule has 0 unspecified atom stereocenters. The van der Waals surface area contributed by atoms with Gasteiger partial charge in [0.2, 0.25) is 0 Å². The fourth-order valence-electron chi connectivity index (χ4n) is 3.17. The number of carbonyl (C=O) groups excluding carboxylic acids is 1. The van der Waals surface area contributed by atoms with Gasteiger partial charge in [-0.3, -0.25) is 4.79 Å². The number of nitrogens with one attached hydrogen (secondary N) is 1. The Bertz CT molecular complexity index is 724. The van der Waals surface area contributed by atoms with E-state index in [1.807, 2.05) is 0 Å². The molecule has 26 heavy (non-hydrogen) atoms. The number of likely N-dealkylation sites (N-methyl/N-ethyl adjacent to an activating group) is 1. The Morgan fingerprint density at radius 2 is 1.73 bits per heavy atom. The smallest absolute Gasteiger partial charge is 0.254 e. The minimum Gasteiger partial charge on any atom is -0.369 e. The van der Waals surface area contributed by atoms with Gasteiger partial charge in [-0.1, -0.05) is 24.3 Å². The molecule has 0 saturated carbocycles. The van der Waals surface area contributed by atoms with Crippen LogP contribution < -0.4 is 10.2 Å². The van der Waals surface area contributed by atoms with Crippen LogP contribution in [0.25, 0.3) is 0 Å². The van der Waals surface area contributed by atoms with Gasteiger partial charge in [-0.15, -0.1) is 0 Å². The fraction of sp³-hybridized carbons (Fsp3) is 0.381. The predicted molar refractivity (Wildman–Crippen MR) is 103 cm³/mol. The lowest BCUT2D eigenvalue weighted by Crippen LogP contribution is -2.44. The number of halogens is 1. The first-order chi connectivity index (χ1) is 12.6. The summed E-state index contributed by atoms with van der Waals surface area (Å²) in [7, 11) is 2.16. The van der Waals surface area contributed by atoms with E-state index in [1.165, 1.54) is 23.4 Å².